The van der Waals surface area contributed by atoms with Gasteiger partial charge in [0.15, 0.2) is 0 Å². The maximum Gasteiger partial charge on any atom is 0.123 e. The Kier molecular flexibility index (Phi) is 3.70. The molecular weight excluding hydrogens is 253 g/mol. The quantitative estimate of drug-likeness (QED) is 0.891. The lowest BCUT2D eigenvalue weighted by molar-refractivity contribution is 0.289. The van der Waals surface area contributed by atoms with Gasteiger partial charge in [0, 0.05) is 12.6 Å². The summed E-state index contributed by atoms with van der Waals surface area (Å²) in [6.07, 6.45) is 2.20. The minimum Gasteiger partial charge on any atom is -0.508 e. The van der Waals surface area contributed by atoms with Crippen LogP contribution in [0.5, 0.6) is 5.75 Å². The number of rotatable bonds is 4. The average molecular weight is 271 g/mol. The molecule has 0 radical (unpaired) electrons. The molecule has 0 bridgehead atoms. The van der Waals surface area contributed by atoms with Gasteiger partial charge in [-0.1, -0.05) is 24.3 Å². The molecule has 2 N–H and O–H groups in total. The summed E-state index contributed by atoms with van der Waals surface area (Å²) < 4.78 is 12.9. The third kappa shape index (κ3) is 2.99. The van der Waals surface area contributed by atoms with E-state index >= 15 is 0 Å². The highest BCUT2D eigenvalue weighted by Gasteiger charge is 2.29. The predicted octanol–water partition coefficient (Wildman–Crippen LogP) is 3.57. The fourth-order valence-corrected chi connectivity index (χ4v) is 2.67. The van der Waals surface area contributed by atoms with Crippen LogP contribution >= 0.6 is 0 Å². The van der Waals surface area contributed by atoms with Crippen LogP contribution in [0.1, 0.15) is 29.9 Å². The molecule has 0 saturated heterocycles. The molecule has 3 rings (SSSR count). The Bertz CT molecular complexity index is 556. The van der Waals surface area contributed by atoms with Crippen molar-refractivity contribution in [2.24, 2.45) is 0 Å². The maximum atomic E-state index is 12.9. The Labute approximate surface area is 118 Å². The van der Waals surface area contributed by atoms with E-state index in [4.69, 9.17) is 0 Å². The van der Waals surface area contributed by atoms with Crippen LogP contribution in [-0.2, 0) is 6.54 Å². The summed E-state index contributed by atoms with van der Waals surface area (Å²) in [7, 11) is 0. The van der Waals surface area contributed by atoms with Crippen LogP contribution in [0.15, 0.2) is 48.5 Å². The lowest BCUT2D eigenvalue weighted by Gasteiger charge is -2.36. The molecule has 1 aliphatic carbocycles. The molecular formula is C17H18FNO. The molecule has 104 valence electrons. The second-order valence-electron chi connectivity index (χ2n) is 5.46. The topological polar surface area (TPSA) is 32.3 Å². The van der Waals surface area contributed by atoms with Crippen LogP contribution in [0.25, 0.3) is 0 Å². The molecule has 2 aromatic rings. The van der Waals surface area contributed by atoms with Crippen molar-refractivity contribution in [3.05, 3.63) is 65.5 Å². The van der Waals surface area contributed by atoms with E-state index in [9.17, 15) is 9.50 Å². The Hall–Kier alpha value is -1.87. The van der Waals surface area contributed by atoms with E-state index in [0.29, 0.717) is 17.7 Å². The lowest BCUT2D eigenvalue weighted by Crippen LogP contribution is -2.39. The fourth-order valence-electron chi connectivity index (χ4n) is 2.67. The fraction of sp³-hybridized carbons (Fsp3) is 0.294. The number of aromatic hydroxyl groups is 1. The highest BCUT2D eigenvalue weighted by Crippen LogP contribution is 2.36. The van der Waals surface area contributed by atoms with E-state index in [-0.39, 0.29) is 5.82 Å². The second kappa shape index (κ2) is 5.63. The van der Waals surface area contributed by atoms with Crippen molar-refractivity contribution in [2.45, 2.75) is 31.3 Å². The van der Waals surface area contributed by atoms with Crippen molar-refractivity contribution >= 4 is 0 Å². The molecule has 20 heavy (non-hydrogen) atoms. The third-order valence-corrected chi connectivity index (χ3v) is 4.01. The first-order valence-corrected chi connectivity index (χ1v) is 6.97. The molecule has 1 saturated carbocycles. The molecule has 3 heteroatoms. The Balaban J connectivity index is 1.46. The first-order valence-electron chi connectivity index (χ1n) is 6.97. The zero-order chi connectivity index (χ0) is 13.9. The molecule has 0 heterocycles. The van der Waals surface area contributed by atoms with E-state index in [1.807, 2.05) is 24.3 Å². The second-order valence-corrected chi connectivity index (χ2v) is 5.46. The van der Waals surface area contributed by atoms with E-state index in [1.54, 1.807) is 12.1 Å². The monoisotopic (exact) mass is 271 g/mol. The number of hydrogen-bond acceptors (Lipinski definition) is 2. The van der Waals surface area contributed by atoms with Gasteiger partial charge in [0.05, 0.1) is 0 Å². The van der Waals surface area contributed by atoms with Crippen molar-refractivity contribution in [1.29, 1.82) is 0 Å². The van der Waals surface area contributed by atoms with Crippen LogP contribution in [-0.4, -0.2) is 11.1 Å². The molecule has 0 atom stereocenters. The first-order chi connectivity index (χ1) is 9.70. The van der Waals surface area contributed by atoms with Crippen LogP contribution in [0.4, 0.5) is 4.39 Å². The number of halogens is 1. The highest BCUT2D eigenvalue weighted by atomic mass is 19.1. The summed E-state index contributed by atoms with van der Waals surface area (Å²) in [6, 6.07) is 14.6. The molecule has 2 aromatic carbocycles. The summed E-state index contributed by atoms with van der Waals surface area (Å²) in [5.74, 6) is 0.678. The number of phenols is 1. The summed E-state index contributed by atoms with van der Waals surface area (Å²) in [5, 5.41) is 12.7. The van der Waals surface area contributed by atoms with E-state index in [1.165, 1.54) is 23.3 Å². The molecule has 2 nitrogen and oxygen atoms in total. The molecule has 0 spiro atoms. The smallest absolute Gasteiger partial charge is 0.123 e. The first kappa shape index (κ1) is 13.1. The Morgan fingerprint density at radius 3 is 2.30 bits per heavy atom. The van der Waals surface area contributed by atoms with Gasteiger partial charge in [-0.05, 0) is 54.2 Å². The average Bonchev–Trinajstić information content (AvgIpc) is 2.41. The lowest BCUT2D eigenvalue weighted by atomic mass is 9.76. The van der Waals surface area contributed by atoms with Crippen molar-refractivity contribution in [2.75, 3.05) is 0 Å². The Morgan fingerprint density at radius 2 is 1.65 bits per heavy atom. The van der Waals surface area contributed by atoms with E-state index in [2.05, 4.69) is 5.32 Å². The van der Waals surface area contributed by atoms with Gasteiger partial charge < -0.3 is 10.4 Å². The Morgan fingerprint density at radius 1 is 1.00 bits per heavy atom. The van der Waals surface area contributed by atoms with Gasteiger partial charge in [-0.2, -0.15) is 0 Å². The number of hydrogen-bond donors (Lipinski definition) is 2. The van der Waals surface area contributed by atoms with Crippen LogP contribution in [0.3, 0.4) is 0 Å². The normalized spacial score (nSPS) is 21.4. The largest absolute Gasteiger partial charge is 0.508 e. The van der Waals surface area contributed by atoms with Crippen molar-refractivity contribution in [1.82, 2.24) is 5.32 Å². The van der Waals surface area contributed by atoms with Gasteiger partial charge in [-0.3, -0.25) is 0 Å². The standard InChI is InChI=1S/C17H18FNO/c18-15-5-3-13(4-6-15)14-9-16(10-14)19-11-12-1-7-17(20)8-2-12/h1-8,14,16,19-20H,9-11H2. The van der Waals surface area contributed by atoms with E-state index < -0.39 is 0 Å². The van der Waals surface area contributed by atoms with Gasteiger partial charge >= 0.3 is 0 Å². The van der Waals surface area contributed by atoms with Gasteiger partial charge in [-0.15, -0.1) is 0 Å². The molecule has 0 aliphatic heterocycles. The third-order valence-electron chi connectivity index (χ3n) is 4.01. The molecule has 1 fully saturated rings. The SMILES string of the molecule is Oc1ccc(CNC2CC(c3ccc(F)cc3)C2)cc1. The van der Waals surface area contributed by atoms with Gasteiger partial charge in [0.2, 0.25) is 0 Å². The van der Waals surface area contributed by atoms with Crippen molar-refractivity contribution in [3.8, 4) is 5.75 Å². The zero-order valence-electron chi connectivity index (χ0n) is 11.2. The van der Waals surface area contributed by atoms with E-state index in [0.717, 1.165) is 19.4 Å². The summed E-state index contributed by atoms with van der Waals surface area (Å²) >= 11 is 0. The van der Waals surface area contributed by atoms with Crippen LogP contribution in [0, 0.1) is 5.82 Å². The minimum atomic E-state index is -0.171. The van der Waals surface area contributed by atoms with Gasteiger partial charge in [0.25, 0.3) is 0 Å². The number of benzene rings is 2. The predicted molar refractivity (Wildman–Crippen MR) is 77.1 cm³/mol. The highest BCUT2D eigenvalue weighted by molar-refractivity contribution is 5.26. The van der Waals surface area contributed by atoms with Crippen molar-refractivity contribution in [3.63, 3.8) is 0 Å². The number of phenolic OH excluding ortho intramolecular Hbond substituents is 1. The molecule has 0 unspecified atom stereocenters. The molecule has 0 amide bonds. The summed E-state index contributed by atoms with van der Waals surface area (Å²) in [5.41, 5.74) is 2.40. The maximum absolute atomic E-state index is 12.9. The van der Waals surface area contributed by atoms with Crippen LogP contribution < -0.4 is 5.32 Å². The van der Waals surface area contributed by atoms with Gasteiger partial charge in [-0.25, -0.2) is 4.39 Å². The van der Waals surface area contributed by atoms with Crippen molar-refractivity contribution < 1.29 is 9.50 Å². The number of nitrogens with one attached hydrogen (secondary N) is 1. The minimum absolute atomic E-state index is 0.171. The van der Waals surface area contributed by atoms with Gasteiger partial charge in [0.1, 0.15) is 11.6 Å². The molecule has 0 aromatic heterocycles. The summed E-state index contributed by atoms with van der Waals surface area (Å²) in [6.45, 7) is 0.821. The van der Waals surface area contributed by atoms with Crippen LogP contribution in [0.2, 0.25) is 0 Å². The zero-order valence-corrected chi connectivity index (χ0v) is 11.2. The molecule has 1 aliphatic rings. The summed E-state index contributed by atoms with van der Waals surface area (Å²) in [4.78, 5) is 0.